The van der Waals surface area contributed by atoms with Gasteiger partial charge in [-0.25, -0.2) is 14.4 Å². The number of fused-ring (bicyclic) bond motifs is 2. The number of carbonyl (C=O) groups is 1. The third-order valence-corrected chi connectivity index (χ3v) is 4.54. The van der Waals surface area contributed by atoms with E-state index in [0.717, 1.165) is 10.2 Å². The zero-order valence-electron chi connectivity index (χ0n) is 13.9. The van der Waals surface area contributed by atoms with E-state index >= 15 is 0 Å². The monoisotopic (exact) mass is 413 g/mol. The quantitative estimate of drug-likeness (QED) is 0.537. The maximum absolute atomic E-state index is 14.2. The van der Waals surface area contributed by atoms with Gasteiger partial charge in [-0.2, -0.15) is 0 Å². The Balaban J connectivity index is 1.75. The fourth-order valence-electron chi connectivity index (χ4n) is 2.78. The first-order valence-corrected chi connectivity index (χ1v) is 8.60. The van der Waals surface area contributed by atoms with E-state index < -0.39 is 11.7 Å². The summed E-state index contributed by atoms with van der Waals surface area (Å²) in [7, 11) is 0. The molecule has 8 heteroatoms. The summed E-state index contributed by atoms with van der Waals surface area (Å²) in [5, 5.41) is 2.72. The van der Waals surface area contributed by atoms with Crippen LogP contribution in [0.2, 0.25) is 0 Å². The smallest absolute Gasteiger partial charge is 0.257 e. The van der Waals surface area contributed by atoms with Gasteiger partial charge in [-0.1, -0.05) is 0 Å². The van der Waals surface area contributed by atoms with Crippen molar-refractivity contribution in [3.8, 4) is 0 Å². The number of anilines is 1. The van der Waals surface area contributed by atoms with Crippen molar-refractivity contribution in [2.24, 2.45) is 0 Å². The first-order valence-electron chi connectivity index (χ1n) is 7.80. The highest BCUT2D eigenvalue weighted by atomic mass is 79.9. The van der Waals surface area contributed by atoms with Gasteiger partial charge in [0.15, 0.2) is 11.5 Å². The van der Waals surface area contributed by atoms with E-state index in [4.69, 9.17) is 0 Å². The molecule has 1 N–H and O–H groups in total. The number of carbonyl (C=O) groups excluding carboxylic acids is 1. The lowest BCUT2D eigenvalue weighted by molar-refractivity contribution is 0.102. The lowest BCUT2D eigenvalue weighted by Crippen LogP contribution is -2.14. The Labute approximate surface area is 156 Å². The maximum Gasteiger partial charge on any atom is 0.257 e. The minimum absolute atomic E-state index is 0.218. The molecule has 4 aromatic rings. The molecular formula is C18H13BrFN5O. The summed E-state index contributed by atoms with van der Waals surface area (Å²) in [6, 6.07) is 4.65. The van der Waals surface area contributed by atoms with Gasteiger partial charge in [-0.3, -0.25) is 9.78 Å². The van der Waals surface area contributed by atoms with Crippen LogP contribution in [-0.4, -0.2) is 25.3 Å². The Morgan fingerprint density at radius 1 is 1.15 bits per heavy atom. The summed E-state index contributed by atoms with van der Waals surface area (Å²) >= 11 is 3.43. The van der Waals surface area contributed by atoms with E-state index in [2.05, 4.69) is 36.2 Å². The molecule has 0 fully saturated rings. The van der Waals surface area contributed by atoms with Crippen LogP contribution in [0.4, 0.5) is 10.1 Å². The van der Waals surface area contributed by atoms with Gasteiger partial charge >= 0.3 is 0 Å². The highest BCUT2D eigenvalue weighted by Gasteiger charge is 2.16. The Kier molecular flexibility index (Phi) is 3.91. The molecule has 0 radical (unpaired) electrons. The van der Waals surface area contributed by atoms with Crippen molar-refractivity contribution in [1.82, 2.24) is 19.4 Å². The summed E-state index contributed by atoms with van der Waals surface area (Å²) in [5.41, 5.74) is 3.42. The number of pyridine rings is 1. The molecule has 1 aromatic carbocycles. The molecule has 0 unspecified atom stereocenters. The second-order valence-electron chi connectivity index (χ2n) is 5.95. The van der Waals surface area contributed by atoms with E-state index in [-0.39, 0.29) is 5.65 Å². The molecule has 130 valence electrons. The Hall–Kier alpha value is -2.87. The van der Waals surface area contributed by atoms with Crippen molar-refractivity contribution in [1.29, 1.82) is 0 Å². The highest BCUT2D eigenvalue weighted by molar-refractivity contribution is 9.10. The summed E-state index contributed by atoms with van der Waals surface area (Å²) < 4.78 is 16.5. The number of rotatable bonds is 2. The van der Waals surface area contributed by atoms with Crippen LogP contribution in [0.3, 0.4) is 0 Å². The molecule has 3 aromatic heterocycles. The van der Waals surface area contributed by atoms with E-state index in [1.807, 2.05) is 6.92 Å². The number of aromatic nitrogens is 4. The summed E-state index contributed by atoms with van der Waals surface area (Å²) in [5.74, 6) is -0.900. The van der Waals surface area contributed by atoms with Gasteiger partial charge in [-0.15, -0.1) is 0 Å². The van der Waals surface area contributed by atoms with E-state index in [9.17, 15) is 9.18 Å². The van der Waals surface area contributed by atoms with Gasteiger partial charge in [0, 0.05) is 29.1 Å². The fourth-order valence-corrected chi connectivity index (χ4v) is 3.19. The van der Waals surface area contributed by atoms with E-state index in [1.165, 1.54) is 6.07 Å². The van der Waals surface area contributed by atoms with Gasteiger partial charge in [0.05, 0.1) is 22.6 Å². The van der Waals surface area contributed by atoms with E-state index in [0.29, 0.717) is 28.0 Å². The molecule has 0 aliphatic carbocycles. The van der Waals surface area contributed by atoms with Gasteiger partial charge in [-0.05, 0) is 41.9 Å². The number of nitrogens with zero attached hydrogens (tertiary/aromatic N) is 4. The number of hydrogen-bond donors (Lipinski definition) is 1. The van der Waals surface area contributed by atoms with Crippen LogP contribution in [0.5, 0.6) is 0 Å². The molecule has 0 bridgehead atoms. The minimum Gasteiger partial charge on any atom is -0.320 e. The maximum atomic E-state index is 14.2. The van der Waals surface area contributed by atoms with Gasteiger partial charge in [0.1, 0.15) is 11.0 Å². The largest absolute Gasteiger partial charge is 0.320 e. The fraction of sp³-hybridized carbons (Fsp3) is 0.111. The minimum atomic E-state index is -0.507. The lowest BCUT2D eigenvalue weighted by atomic mass is 10.1. The van der Waals surface area contributed by atoms with Crippen LogP contribution >= 0.6 is 15.9 Å². The van der Waals surface area contributed by atoms with E-state index in [1.54, 1.807) is 42.0 Å². The molecule has 0 aliphatic rings. The Bertz CT molecular complexity index is 1190. The second-order valence-corrected chi connectivity index (χ2v) is 6.80. The van der Waals surface area contributed by atoms with Crippen molar-refractivity contribution in [3.63, 3.8) is 0 Å². The summed E-state index contributed by atoms with van der Waals surface area (Å²) in [6.45, 7) is 3.61. The number of halogens is 2. The Morgan fingerprint density at radius 2 is 1.96 bits per heavy atom. The SMILES string of the molecule is Cc1cnc2c(C(=O)Nc3cc(F)c4nc(C)cn4c3)ccc(Br)c2n1. The predicted octanol–water partition coefficient (Wildman–Crippen LogP) is 4.05. The van der Waals surface area contributed by atoms with Crippen LogP contribution in [0.1, 0.15) is 21.7 Å². The summed E-state index contributed by atoms with van der Waals surface area (Å²) in [4.78, 5) is 25.6. The first-order chi connectivity index (χ1) is 12.4. The van der Waals surface area contributed by atoms with Crippen LogP contribution in [-0.2, 0) is 0 Å². The second kappa shape index (κ2) is 6.14. The van der Waals surface area contributed by atoms with Crippen LogP contribution in [0.25, 0.3) is 16.7 Å². The van der Waals surface area contributed by atoms with Crippen LogP contribution in [0, 0.1) is 19.7 Å². The number of benzene rings is 1. The van der Waals surface area contributed by atoms with Crippen molar-refractivity contribution >= 4 is 44.2 Å². The van der Waals surface area contributed by atoms with Gasteiger partial charge < -0.3 is 9.72 Å². The average Bonchev–Trinajstić information content (AvgIpc) is 2.96. The molecule has 4 rings (SSSR count). The van der Waals surface area contributed by atoms with Crippen molar-refractivity contribution in [3.05, 3.63) is 64.0 Å². The topological polar surface area (TPSA) is 72.2 Å². The van der Waals surface area contributed by atoms with Crippen LogP contribution in [0.15, 0.2) is 41.3 Å². The predicted molar refractivity (Wildman–Crippen MR) is 99.8 cm³/mol. The van der Waals surface area contributed by atoms with Gasteiger partial charge in [0.25, 0.3) is 5.91 Å². The van der Waals surface area contributed by atoms with Crippen LogP contribution < -0.4 is 5.32 Å². The Morgan fingerprint density at radius 3 is 2.77 bits per heavy atom. The third kappa shape index (κ3) is 2.82. The van der Waals surface area contributed by atoms with Gasteiger partial charge in [0.2, 0.25) is 0 Å². The third-order valence-electron chi connectivity index (χ3n) is 3.90. The molecule has 0 saturated heterocycles. The van der Waals surface area contributed by atoms with Crippen molar-refractivity contribution < 1.29 is 9.18 Å². The number of aryl methyl sites for hydroxylation is 2. The molecule has 1 amide bonds. The number of nitrogens with one attached hydrogen (secondary N) is 1. The molecule has 0 aliphatic heterocycles. The molecule has 26 heavy (non-hydrogen) atoms. The standard InChI is InChI=1S/C18H13BrFN5O/c1-9-6-21-15-12(3-4-13(19)16(15)22-9)18(26)24-11-5-14(20)17-23-10(2)7-25(17)8-11/h3-8H,1-2H3,(H,24,26). The molecule has 0 atom stereocenters. The van der Waals surface area contributed by atoms with Crippen molar-refractivity contribution in [2.45, 2.75) is 13.8 Å². The number of hydrogen-bond acceptors (Lipinski definition) is 4. The molecule has 0 spiro atoms. The zero-order valence-corrected chi connectivity index (χ0v) is 15.5. The zero-order chi connectivity index (χ0) is 18.4. The average molecular weight is 414 g/mol. The molecule has 3 heterocycles. The number of imidazole rings is 1. The molecule has 6 nitrogen and oxygen atoms in total. The first kappa shape index (κ1) is 16.6. The molecule has 0 saturated carbocycles. The lowest BCUT2D eigenvalue weighted by Gasteiger charge is -2.09. The number of amides is 1. The van der Waals surface area contributed by atoms with Crippen molar-refractivity contribution in [2.75, 3.05) is 5.32 Å². The highest BCUT2D eigenvalue weighted by Crippen LogP contribution is 2.25. The summed E-state index contributed by atoms with van der Waals surface area (Å²) in [6.07, 6.45) is 4.91. The molecular weight excluding hydrogens is 401 g/mol. The normalized spacial score (nSPS) is 11.2.